The fourth-order valence-electron chi connectivity index (χ4n) is 0. The van der Waals surface area contributed by atoms with E-state index in [0.29, 0.717) is 0 Å². The van der Waals surface area contributed by atoms with Crippen molar-refractivity contribution in [2.45, 2.75) is 0 Å². The summed E-state index contributed by atoms with van der Waals surface area (Å²) < 4.78 is 0. The van der Waals surface area contributed by atoms with Crippen molar-refractivity contribution >= 4 is 58.2 Å². The van der Waals surface area contributed by atoms with Gasteiger partial charge in [0.2, 0.25) is 0 Å². The van der Waals surface area contributed by atoms with E-state index in [4.69, 9.17) is 0 Å². The second-order valence-corrected chi connectivity index (χ2v) is 8.05. The Hall–Kier alpha value is 1.87. The Labute approximate surface area is 84.5 Å². The molecule has 0 aromatic rings. The molecule has 56 valence electrons. The van der Waals surface area contributed by atoms with Crippen LogP contribution in [-0.4, -0.2) is 26.7 Å². The molecule has 0 radical (unpaired) electrons. The van der Waals surface area contributed by atoms with Crippen molar-refractivity contribution in [1.82, 2.24) is 0 Å². The maximum absolute atomic E-state index is 2.30. The predicted molar refractivity (Wildman–Crippen MR) is 61.6 cm³/mol. The van der Waals surface area contributed by atoms with Crippen molar-refractivity contribution in [1.29, 1.82) is 0 Å². The van der Waals surface area contributed by atoms with E-state index in [1.807, 2.05) is 0 Å². The molecule has 0 unspecified atom stereocenters. The average molecular weight is 334 g/mol. The van der Waals surface area contributed by atoms with Gasteiger partial charge in [-0.05, 0) is 0 Å². The highest BCUT2D eigenvalue weighted by Gasteiger charge is 2.03. The van der Waals surface area contributed by atoms with Crippen molar-refractivity contribution in [3.8, 4) is 0 Å². The van der Waals surface area contributed by atoms with E-state index in [1.165, 1.54) is 0 Å². The first-order chi connectivity index (χ1) is 2.00. The zero-order valence-electron chi connectivity index (χ0n) is 5.67. The minimum absolute atomic E-state index is 0. The molecular formula is C4H15Br3P+. The first kappa shape index (κ1) is 22.5. The van der Waals surface area contributed by atoms with Crippen LogP contribution >= 0.6 is 58.2 Å². The summed E-state index contributed by atoms with van der Waals surface area (Å²) in [6.07, 6.45) is 0. The van der Waals surface area contributed by atoms with Gasteiger partial charge in [-0.25, -0.2) is 0 Å². The molecule has 0 aromatic heterocycles. The topological polar surface area (TPSA) is 0 Å². The molecule has 4 heteroatoms. The molecule has 0 heterocycles. The smallest absolute Gasteiger partial charge is 0.0481 e. The zero-order valence-corrected chi connectivity index (χ0v) is 11.7. The Morgan fingerprint density at radius 3 is 0.625 bits per heavy atom. The van der Waals surface area contributed by atoms with E-state index >= 15 is 0 Å². The molecule has 8 heavy (non-hydrogen) atoms. The van der Waals surface area contributed by atoms with E-state index in [1.54, 1.807) is 0 Å². The fraction of sp³-hybridized carbons (Fsp3) is 1.00. The van der Waals surface area contributed by atoms with E-state index in [0.717, 1.165) is 0 Å². The molecule has 0 rings (SSSR count). The lowest BCUT2D eigenvalue weighted by Crippen LogP contribution is -1.74. The average Bonchev–Trinajstić information content (AvgIpc) is 0.722. The van der Waals surface area contributed by atoms with Crippen LogP contribution < -0.4 is 0 Å². The van der Waals surface area contributed by atoms with Gasteiger partial charge in [-0.1, -0.05) is 0 Å². The van der Waals surface area contributed by atoms with Gasteiger partial charge in [-0.15, -0.1) is 50.9 Å². The molecule has 0 aromatic carbocycles. The first-order valence-corrected chi connectivity index (χ1v) is 5.37. The molecule has 0 saturated heterocycles. The summed E-state index contributed by atoms with van der Waals surface area (Å²) in [5, 5.41) is 0. The SMILES string of the molecule is Br.Br.Br.C[P+](C)(C)C. The summed E-state index contributed by atoms with van der Waals surface area (Å²) in [7, 11) is -0.389. The second kappa shape index (κ2) is 8.87. The Balaban J connectivity index is -0.0000000267. The van der Waals surface area contributed by atoms with Crippen LogP contribution in [0.4, 0.5) is 0 Å². The molecule has 0 spiro atoms. The summed E-state index contributed by atoms with van der Waals surface area (Å²) in [5.41, 5.74) is 0. The summed E-state index contributed by atoms with van der Waals surface area (Å²) in [6, 6.07) is 0. The van der Waals surface area contributed by atoms with Crippen molar-refractivity contribution in [2.24, 2.45) is 0 Å². The van der Waals surface area contributed by atoms with Crippen LogP contribution in [0.1, 0.15) is 0 Å². The third-order valence-electron chi connectivity index (χ3n) is 0. The standard InChI is InChI=1S/C4H12P.3BrH/c1-5(2,3)4;;;/h1-4H3;3*1H/q+1;;;. The third-order valence-corrected chi connectivity index (χ3v) is 0. The van der Waals surface area contributed by atoms with Crippen molar-refractivity contribution in [3.05, 3.63) is 0 Å². The van der Waals surface area contributed by atoms with Gasteiger partial charge in [0, 0.05) is 33.9 Å². The lowest BCUT2D eigenvalue weighted by molar-refractivity contribution is 1.95. The molecule has 0 amide bonds. The molecule has 0 bridgehead atoms. The van der Waals surface area contributed by atoms with Crippen LogP contribution in [0.3, 0.4) is 0 Å². The van der Waals surface area contributed by atoms with E-state index in [9.17, 15) is 0 Å². The summed E-state index contributed by atoms with van der Waals surface area (Å²) in [6.45, 7) is 9.19. The highest BCUT2D eigenvalue weighted by Crippen LogP contribution is 2.40. The predicted octanol–water partition coefficient (Wildman–Crippen LogP) is 3.26. The van der Waals surface area contributed by atoms with E-state index < -0.39 is 0 Å². The molecule has 0 atom stereocenters. The van der Waals surface area contributed by atoms with Crippen molar-refractivity contribution < 1.29 is 0 Å². The highest BCUT2D eigenvalue weighted by molar-refractivity contribution is 8.93. The fourth-order valence-corrected chi connectivity index (χ4v) is 0. The van der Waals surface area contributed by atoms with Gasteiger partial charge in [-0.3, -0.25) is 0 Å². The molecule has 0 fully saturated rings. The van der Waals surface area contributed by atoms with Crippen molar-refractivity contribution in [2.75, 3.05) is 26.7 Å². The zero-order chi connectivity index (χ0) is 4.50. The van der Waals surface area contributed by atoms with Gasteiger partial charge in [0.25, 0.3) is 0 Å². The third kappa shape index (κ3) is 106. The second-order valence-electron chi connectivity index (χ2n) is 2.68. The van der Waals surface area contributed by atoms with Crippen molar-refractivity contribution in [3.63, 3.8) is 0 Å². The minimum Gasteiger partial charge on any atom is -0.114 e. The highest BCUT2D eigenvalue weighted by atomic mass is 79.9. The summed E-state index contributed by atoms with van der Waals surface area (Å²) in [4.78, 5) is 0. The maximum Gasteiger partial charge on any atom is 0.0481 e. The molecule has 0 N–H and O–H groups in total. The van der Waals surface area contributed by atoms with Gasteiger partial charge in [-0.2, -0.15) is 0 Å². The van der Waals surface area contributed by atoms with Crippen LogP contribution in [-0.2, 0) is 0 Å². The van der Waals surface area contributed by atoms with Gasteiger partial charge in [0.05, 0.1) is 0 Å². The summed E-state index contributed by atoms with van der Waals surface area (Å²) in [5.74, 6) is 0. The number of halogens is 3. The van der Waals surface area contributed by atoms with Gasteiger partial charge < -0.3 is 0 Å². The van der Waals surface area contributed by atoms with Crippen LogP contribution in [0, 0.1) is 0 Å². The monoisotopic (exact) mass is 331 g/mol. The lowest BCUT2D eigenvalue weighted by Gasteiger charge is -1.97. The summed E-state index contributed by atoms with van der Waals surface area (Å²) >= 11 is 0. The largest absolute Gasteiger partial charge is 0.114 e. The maximum atomic E-state index is 2.30. The number of hydrogen-bond acceptors (Lipinski definition) is 0. The van der Waals surface area contributed by atoms with Crippen LogP contribution in [0.25, 0.3) is 0 Å². The molecule has 0 aliphatic rings. The normalized spacial score (nSPS) is 7.50. The molecular weight excluding hydrogens is 319 g/mol. The quantitative estimate of drug-likeness (QED) is 0.597. The molecule has 0 aliphatic carbocycles. The van der Waals surface area contributed by atoms with Gasteiger partial charge >= 0.3 is 0 Å². The van der Waals surface area contributed by atoms with Gasteiger partial charge in [0.15, 0.2) is 0 Å². The van der Waals surface area contributed by atoms with Gasteiger partial charge in [0.1, 0.15) is 0 Å². The first-order valence-electron chi connectivity index (χ1n) is 1.79. The Kier molecular flexibility index (Phi) is 25.0. The lowest BCUT2D eigenvalue weighted by atomic mass is 11.8. The van der Waals surface area contributed by atoms with Crippen LogP contribution in [0.5, 0.6) is 0 Å². The van der Waals surface area contributed by atoms with E-state index in [-0.39, 0.29) is 58.2 Å². The molecule has 0 nitrogen and oxygen atoms in total. The Bertz CT molecular complexity index is 26.8. The number of hydrogen-bond donors (Lipinski definition) is 0. The molecule has 0 saturated carbocycles. The van der Waals surface area contributed by atoms with E-state index in [2.05, 4.69) is 26.7 Å². The molecule has 0 aliphatic heterocycles. The Morgan fingerprint density at radius 1 is 0.625 bits per heavy atom. The van der Waals surface area contributed by atoms with Crippen LogP contribution in [0.2, 0.25) is 0 Å². The van der Waals surface area contributed by atoms with Crippen LogP contribution in [0.15, 0.2) is 0 Å². The number of rotatable bonds is 0. The minimum atomic E-state index is -0.389. The Morgan fingerprint density at radius 2 is 0.625 bits per heavy atom.